The van der Waals surface area contributed by atoms with Crippen molar-refractivity contribution >= 4 is 11.7 Å². The first-order valence-electron chi connectivity index (χ1n) is 7.23. The maximum atomic E-state index is 12.2. The fourth-order valence-electron chi connectivity index (χ4n) is 2.18. The van der Waals surface area contributed by atoms with Gasteiger partial charge in [-0.2, -0.15) is 10.2 Å². The van der Waals surface area contributed by atoms with Crippen LogP contribution in [0.25, 0.3) is 11.5 Å². The second kappa shape index (κ2) is 6.01. The monoisotopic (exact) mass is 310 g/mol. The molecule has 1 saturated carbocycles. The van der Waals surface area contributed by atoms with Gasteiger partial charge in [0, 0.05) is 24.1 Å². The largest absolute Gasteiger partial charge is 0.358 e. The average molecular weight is 310 g/mol. The zero-order chi connectivity index (χ0) is 16.4. The highest BCUT2D eigenvalue weighted by Crippen LogP contribution is 2.38. The van der Waals surface area contributed by atoms with E-state index in [1.807, 2.05) is 0 Å². The molecule has 1 aliphatic rings. The minimum atomic E-state index is -1.35. The molecule has 1 fully saturated rings. The lowest BCUT2D eigenvalue weighted by Crippen LogP contribution is -2.32. The van der Waals surface area contributed by atoms with Crippen LogP contribution in [-0.4, -0.2) is 28.9 Å². The maximum Gasteiger partial charge on any atom is 0.257 e. The van der Waals surface area contributed by atoms with Gasteiger partial charge in [0.15, 0.2) is 17.5 Å². The molecule has 1 aliphatic carbocycles. The van der Waals surface area contributed by atoms with Crippen molar-refractivity contribution in [2.24, 2.45) is 5.92 Å². The van der Waals surface area contributed by atoms with Crippen LogP contribution in [0.2, 0.25) is 0 Å². The number of carbonyl (C=O) groups is 2. The number of hydrogen-bond acceptors (Lipinski definition) is 6. The normalized spacial score (nSPS) is 14.8. The van der Waals surface area contributed by atoms with Gasteiger partial charge >= 0.3 is 0 Å². The van der Waals surface area contributed by atoms with Crippen LogP contribution in [0.1, 0.15) is 34.9 Å². The lowest BCUT2D eigenvalue weighted by molar-refractivity contribution is -0.121. The number of ketones is 1. The van der Waals surface area contributed by atoms with Crippen molar-refractivity contribution < 1.29 is 14.1 Å². The zero-order valence-electron chi connectivity index (χ0n) is 12.4. The van der Waals surface area contributed by atoms with Gasteiger partial charge in [0.25, 0.3) is 5.89 Å². The molecule has 1 aromatic heterocycles. The maximum absolute atomic E-state index is 12.2. The first-order valence-corrected chi connectivity index (χ1v) is 7.23. The SMILES string of the molecule is CNC(=O)[C@H](C#N)C(=O)c1ccc(-c2nc(C3CC3)no2)cc1. The Hall–Kier alpha value is -3.01. The predicted molar refractivity (Wildman–Crippen MR) is 79.2 cm³/mol. The van der Waals surface area contributed by atoms with Crippen molar-refractivity contribution in [2.45, 2.75) is 18.8 Å². The summed E-state index contributed by atoms with van der Waals surface area (Å²) in [6.45, 7) is 0. The van der Waals surface area contributed by atoms with E-state index in [1.54, 1.807) is 30.3 Å². The topological polar surface area (TPSA) is 109 Å². The molecule has 2 aromatic rings. The molecule has 0 aliphatic heterocycles. The van der Waals surface area contributed by atoms with Crippen molar-refractivity contribution in [3.63, 3.8) is 0 Å². The van der Waals surface area contributed by atoms with Gasteiger partial charge in [0.1, 0.15) is 0 Å². The van der Waals surface area contributed by atoms with E-state index < -0.39 is 17.6 Å². The fourth-order valence-corrected chi connectivity index (χ4v) is 2.18. The third kappa shape index (κ3) is 2.97. The molecule has 3 rings (SSSR count). The molecule has 7 heteroatoms. The molecule has 0 unspecified atom stereocenters. The summed E-state index contributed by atoms with van der Waals surface area (Å²) in [6.07, 6.45) is 2.17. The number of hydrogen-bond donors (Lipinski definition) is 1. The minimum absolute atomic E-state index is 0.283. The van der Waals surface area contributed by atoms with Gasteiger partial charge in [0.2, 0.25) is 5.91 Å². The number of amides is 1. The van der Waals surface area contributed by atoms with Crippen molar-refractivity contribution in [1.82, 2.24) is 15.5 Å². The number of carbonyl (C=O) groups excluding carboxylic acids is 2. The van der Waals surface area contributed by atoms with Gasteiger partial charge in [0.05, 0.1) is 6.07 Å². The summed E-state index contributed by atoms with van der Waals surface area (Å²) in [5.74, 6) is -0.999. The third-order valence-electron chi connectivity index (χ3n) is 3.70. The Morgan fingerprint density at radius 1 is 1.35 bits per heavy atom. The lowest BCUT2D eigenvalue weighted by atomic mass is 9.97. The molecule has 1 N–H and O–H groups in total. The molecular weight excluding hydrogens is 296 g/mol. The molecular formula is C16H14N4O3. The smallest absolute Gasteiger partial charge is 0.257 e. The number of nitrogens with one attached hydrogen (secondary N) is 1. The molecule has 1 amide bonds. The Bertz CT molecular complexity index is 784. The van der Waals surface area contributed by atoms with Crippen LogP contribution in [-0.2, 0) is 4.79 Å². The van der Waals surface area contributed by atoms with Crippen molar-refractivity contribution in [3.05, 3.63) is 35.7 Å². The summed E-state index contributed by atoms with van der Waals surface area (Å²) in [5.41, 5.74) is 0.972. The van der Waals surface area contributed by atoms with Crippen LogP contribution in [0.4, 0.5) is 0 Å². The van der Waals surface area contributed by atoms with Gasteiger partial charge in [-0.1, -0.05) is 17.3 Å². The summed E-state index contributed by atoms with van der Waals surface area (Å²) in [7, 11) is 1.39. The molecule has 1 heterocycles. The average Bonchev–Trinajstić information content (AvgIpc) is 3.32. The fraction of sp³-hybridized carbons (Fsp3) is 0.312. The Morgan fingerprint density at radius 3 is 2.61 bits per heavy atom. The van der Waals surface area contributed by atoms with Crippen LogP contribution in [0.15, 0.2) is 28.8 Å². The van der Waals surface area contributed by atoms with E-state index >= 15 is 0 Å². The van der Waals surface area contributed by atoms with E-state index in [2.05, 4.69) is 15.5 Å². The molecule has 1 atom stereocenters. The van der Waals surface area contributed by atoms with E-state index in [9.17, 15) is 9.59 Å². The third-order valence-corrected chi connectivity index (χ3v) is 3.70. The Kier molecular flexibility index (Phi) is 3.89. The summed E-state index contributed by atoms with van der Waals surface area (Å²) in [6, 6.07) is 8.14. The van der Waals surface area contributed by atoms with Crippen molar-refractivity contribution in [3.8, 4) is 17.5 Å². The number of Topliss-reactive ketones (excluding diaryl/α,β-unsaturated/α-hetero) is 1. The van der Waals surface area contributed by atoms with Gasteiger partial charge in [-0.25, -0.2) is 0 Å². The highest BCUT2D eigenvalue weighted by molar-refractivity contribution is 6.12. The second-order valence-electron chi connectivity index (χ2n) is 5.35. The van der Waals surface area contributed by atoms with Gasteiger partial charge in [-0.05, 0) is 25.0 Å². The number of nitriles is 1. The first kappa shape index (κ1) is 14.9. The summed E-state index contributed by atoms with van der Waals surface area (Å²) >= 11 is 0. The molecule has 0 bridgehead atoms. The van der Waals surface area contributed by atoms with E-state index in [0.29, 0.717) is 23.2 Å². The molecule has 0 spiro atoms. The first-order chi connectivity index (χ1) is 11.1. The molecule has 0 saturated heterocycles. The zero-order valence-corrected chi connectivity index (χ0v) is 12.4. The van der Waals surface area contributed by atoms with E-state index in [-0.39, 0.29) is 5.56 Å². The summed E-state index contributed by atoms with van der Waals surface area (Å²) in [4.78, 5) is 28.1. The Balaban J connectivity index is 1.79. The molecule has 0 radical (unpaired) electrons. The van der Waals surface area contributed by atoms with E-state index in [0.717, 1.165) is 12.8 Å². The molecule has 116 valence electrons. The van der Waals surface area contributed by atoms with E-state index in [1.165, 1.54) is 7.05 Å². The standard InChI is InChI=1S/C16H14N4O3/c1-18-15(22)12(8-17)13(21)9-2-6-11(7-3-9)16-19-14(20-23-16)10-4-5-10/h2-3,6-7,10,12H,4-5H2,1H3,(H,18,22)/t12-/m1/s1. The highest BCUT2D eigenvalue weighted by Gasteiger charge is 2.29. The van der Waals surface area contributed by atoms with Gasteiger partial charge in [-0.15, -0.1) is 0 Å². The van der Waals surface area contributed by atoms with Crippen LogP contribution in [0.3, 0.4) is 0 Å². The Morgan fingerprint density at radius 2 is 2.04 bits per heavy atom. The quantitative estimate of drug-likeness (QED) is 0.664. The number of nitrogens with zero attached hydrogens (tertiary/aromatic N) is 3. The number of benzene rings is 1. The summed E-state index contributed by atoms with van der Waals surface area (Å²) in [5, 5.41) is 15.2. The Labute approximate surface area is 132 Å². The van der Waals surface area contributed by atoms with Gasteiger partial charge < -0.3 is 9.84 Å². The second-order valence-corrected chi connectivity index (χ2v) is 5.35. The molecule has 7 nitrogen and oxygen atoms in total. The predicted octanol–water partition coefficient (Wildman–Crippen LogP) is 1.68. The van der Waals surface area contributed by atoms with Gasteiger partial charge in [-0.3, -0.25) is 9.59 Å². The van der Waals surface area contributed by atoms with Crippen LogP contribution in [0, 0.1) is 17.2 Å². The van der Waals surface area contributed by atoms with E-state index in [4.69, 9.17) is 9.78 Å². The van der Waals surface area contributed by atoms with Crippen molar-refractivity contribution in [2.75, 3.05) is 7.05 Å². The van der Waals surface area contributed by atoms with Crippen LogP contribution in [0.5, 0.6) is 0 Å². The minimum Gasteiger partial charge on any atom is -0.358 e. The summed E-state index contributed by atoms with van der Waals surface area (Å²) < 4.78 is 5.21. The number of rotatable bonds is 5. The molecule has 1 aromatic carbocycles. The number of aromatic nitrogens is 2. The van der Waals surface area contributed by atoms with Crippen LogP contribution >= 0.6 is 0 Å². The highest BCUT2D eigenvalue weighted by atomic mass is 16.5. The van der Waals surface area contributed by atoms with Crippen LogP contribution < -0.4 is 5.32 Å². The molecule has 23 heavy (non-hydrogen) atoms. The van der Waals surface area contributed by atoms with Crippen molar-refractivity contribution in [1.29, 1.82) is 5.26 Å². The lowest BCUT2D eigenvalue weighted by Gasteiger charge is -2.06.